The lowest BCUT2D eigenvalue weighted by atomic mass is 10.3. The molecule has 1 atom stereocenters. The van der Waals surface area contributed by atoms with Gasteiger partial charge in [0.2, 0.25) is 5.91 Å². The molecule has 1 aliphatic rings. The number of rotatable bonds is 3. The van der Waals surface area contributed by atoms with Crippen molar-refractivity contribution in [2.24, 2.45) is 10.7 Å². The topological polar surface area (TPSA) is 58.7 Å². The van der Waals surface area contributed by atoms with E-state index < -0.39 is 0 Å². The molecule has 80 valence electrons. The molecule has 0 aromatic rings. The van der Waals surface area contributed by atoms with Gasteiger partial charge < -0.3 is 10.6 Å². The molecule has 2 N–H and O–H groups in total. The highest BCUT2D eigenvalue weighted by Crippen LogP contribution is 2.14. The van der Waals surface area contributed by atoms with Gasteiger partial charge in [0.25, 0.3) is 0 Å². The highest BCUT2D eigenvalue weighted by atomic mass is 16.2. The molecule has 0 aromatic heterocycles. The number of hydrogen-bond donors (Lipinski definition) is 1. The molecule has 1 heterocycles. The molecule has 4 heteroatoms. The summed E-state index contributed by atoms with van der Waals surface area (Å²) in [5.74, 6) is 0.861. The highest BCUT2D eigenvalue weighted by molar-refractivity contribution is 5.78. The van der Waals surface area contributed by atoms with Crippen LogP contribution in [0.15, 0.2) is 4.99 Å². The van der Waals surface area contributed by atoms with Crippen molar-refractivity contribution in [2.75, 3.05) is 13.1 Å². The van der Waals surface area contributed by atoms with Crippen LogP contribution in [0.2, 0.25) is 0 Å². The van der Waals surface area contributed by atoms with E-state index in [2.05, 4.69) is 4.99 Å². The second-order valence-corrected chi connectivity index (χ2v) is 3.80. The molecule has 1 saturated heterocycles. The third kappa shape index (κ3) is 3.01. The van der Waals surface area contributed by atoms with Gasteiger partial charge in [-0.2, -0.15) is 0 Å². The second kappa shape index (κ2) is 4.98. The molecule has 0 spiro atoms. The minimum Gasteiger partial charge on any atom is -0.388 e. The van der Waals surface area contributed by atoms with E-state index in [4.69, 9.17) is 5.73 Å². The van der Waals surface area contributed by atoms with E-state index in [-0.39, 0.29) is 11.9 Å². The lowest BCUT2D eigenvalue weighted by Gasteiger charge is -2.14. The van der Waals surface area contributed by atoms with Crippen molar-refractivity contribution in [2.45, 2.75) is 39.2 Å². The number of nitrogens with two attached hydrogens (primary N) is 1. The molecule has 4 nitrogen and oxygen atoms in total. The second-order valence-electron chi connectivity index (χ2n) is 3.80. The fraction of sp³-hybridized carbons (Fsp3) is 0.800. The van der Waals surface area contributed by atoms with Gasteiger partial charge in [-0.1, -0.05) is 6.92 Å². The molecule has 0 bridgehead atoms. The standard InChI is InChI=1S/C10H19N3O/c1-3-4-10(14)13-6-5-9(7-13)12-8(2)11/h9H,3-7H2,1-2H3,(H2,11,12). The zero-order valence-electron chi connectivity index (χ0n) is 8.99. The van der Waals surface area contributed by atoms with Crippen LogP contribution >= 0.6 is 0 Å². The largest absolute Gasteiger partial charge is 0.388 e. The highest BCUT2D eigenvalue weighted by Gasteiger charge is 2.24. The smallest absolute Gasteiger partial charge is 0.222 e. The Morgan fingerprint density at radius 2 is 2.36 bits per heavy atom. The Balaban J connectivity index is 2.41. The Labute approximate surface area is 85.2 Å². The number of amidine groups is 1. The molecular formula is C10H19N3O. The van der Waals surface area contributed by atoms with Crippen LogP contribution in [0.5, 0.6) is 0 Å². The first-order valence-electron chi connectivity index (χ1n) is 5.21. The van der Waals surface area contributed by atoms with Crippen molar-refractivity contribution in [1.29, 1.82) is 0 Å². The summed E-state index contributed by atoms with van der Waals surface area (Å²) in [6.45, 7) is 5.39. The van der Waals surface area contributed by atoms with Crippen molar-refractivity contribution >= 4 is 11.7 Å². The quantitative estimate of drug-likeness (QED) is 0.536. The number of likely N-dealkylation sites (tertiary alicyclic amines) is 1. The van der Waals surface area contributed by atoms with Crippen LogP contribution in [-0.4, -0.2) is 35.8 Å². The molecule has 0 saturated carbocycles. The van der Waals surface area contributed by atoms with Gasteiger partial charge in [0.15, 0.2) is 0 Å². The summed E-state index contributed by atoms with van der Waals surface area (Å²) in [4.78, 5) is 17.7. The molecule has 0 radical (unpaired) electrons. The third-order valence-electron chi connectivity index (χ3n) is 2.37. The maximum atomic E-state index is 11.5. The molecule has 1 aliphatic heterocycles. The number of amides is 1. The van der Waals surface area contributed by atoms with E-state index in [0.29, 0.717) is 12.3 Å². The Morgan fingerprint density at radius 3 is 2.93 bits per heavy atom. The van der Waals surface area contributed by atoms with Crippen molar-refractivity contribution in [3.05, 3.63) is 0 Å². The Kier molecular flexibility index (Phi) is 3.92. The zero-order valence-corrected chi connectivity index (χ0v) is 8.99. The Hall–Kier alpha value is -1.06. The number of hydrogen-bond acceptors (Lipinski definition) is 2. The van der Waals surface area contributed by atoms with Crippen LogP contribution in [0.25, 0.3) is 0 Å². The summed E-state index contributed by atoms with van der Waals surface area (Å²) in [6.07, 6.45) is 2.52. The maximum absolute atomic E-state index is 11.5. The van der Waals surface area contributed by atoms with E-state index >= 15 is 0 Å². The first-order valence-corrected chi connectivity index (χ1v) is 5.21. The van der Waals surface area contributed by atoms with Gasteiger partial charge >= 0.3 is 0 Å². The number of nitrogens with zero attached hydrogens (tertiary/aromatic N) is 2. The van der Waals surface area contributed by atoms with Crippen LogP contribution in [0.1, 0.15) is 33.1 Å². The van der Waals surface area contributed by atoms with Gasteiger partial charge in [0, 0.05) is 19.5 Å². The molecular weight excluding hydrogens is 178 g/mol. The SMILES string of the molecule is CCCC(=O)N1CCC(N=C(C)N)C1. The fourth-order valence-electron chi connectivity index (χ4n) is 1.73. The molecule has 1 rings (SSSR count). The van der Waals surface area contributed by atoms with E-state index in [1.54, 1.807) is 6.92 Å². The number of aliphatic imine (C=N–C) groups is 1. The summed E-state index contributed by atoms with van der Waals surface area (Å²) >= 11 is 0. The summed E-state index contributed by atoms with van der Waals surface area (Å²) in [5.41, 5.74) is 5.50. The van der Waals surface area contributed by atoms with Crippen LogP contribution in [0.3, 0.4) is 0 Å². The average molecular weight is 197 g/mol. The average Bonchev–Trinajstić information content (AvgIpc) is 2.52. The number of carbonyl (C=O) groups is 1. The maximum Gasteiger partial charge on any atom is 0.222 e. The zero-order chi connectivity index (χ0) is 10.6. The van der Waals surface area contributed by atoms with Gasteiger partial charge in [0.05, 0.1) is 11.9 Å². The summed E-state index contributed by atoms with van der Waals surface area (Å²) in [5, 5.41) is 0. The van der Waals surface area contributed by atoms with Crippen molar-refractivity contribution < 1.29 is 4.79 Å². The Morgan fingerprint density at radius 1 is 1.64 bits per heavy atom. The van der Waals surface area contributed by atoms with Gasteiger partial charge in [-0.05, 0) is 19.8 Å². The van der Waals surface area contributed by atoms with E-state index in [1.807, 2.05) is 11.8 Å². The van der Waals surface area contributed by atoms with Crippen molar-refractivity contribution in [3.8, 4) is 0 Å². The van der Waals surface area contributed by atoms with Crippen LogP contribution in [-0.2, 0) is 4.79 Å². The summed E-state index contributed by atoms with van der Waals surface area (Å²) in [6, 6.07) is 0.223. The van der Waals surface area contributed by atoms with Gasteiger partial charge in [-0.3, -0.25) is 9.79 Å². The predicted octanol–water partition coefficient (Wildman–Crippen LogP) is 0.765. The summed E-state index contributed by atoms with van der Waals surface area (Å²) in [7, 11) is 0. The lowest BCUT2D eigenvalue weighted by Crippen LogP contribution is -2.29. The normalized spacial score (nSPS) is 22.9. The van der Waals surface area contributed by atoms with E-state index in [9.17, 15) is 4.79 Å². The Bertz CT molecular complexity index is 234. The first-order chi connectivity index (χ1) is 6.63. The molecule has 0 aliphatic carbocycles. The van der Waals surface area contributed by atoms with Gasteiger partial charge in [-0.25, -0.2) is 0 Å². The van der Waals surface area contributed by atoms with E-state index in [1.165, 1.54) is 0 Å². The molecule has 0 aromatic carbocycles. The minimum absolute atomic E-state index is 0.223. The van der Waals surface area contributed by atoms with E-state index in [0.717, 1.165) is 25.9 Å². The van der Waals surface area contributed by atoms with Gasteiger partial charge in [0.1, 0.15) is 0 Å². The molecule has 1 amide bonds. The third-order valence-corrected chi connectivity index (χ3v) is 2.37. The van der Waals surface area contributed by atoms with Crippen molar-refractivity contribution in [3.63, 3.8) is 0 Å². The summed E-state index contributed by atoms with van der Waals surface area (Å²) < 4.78 is 0. The molecule has 14 heavy (non-hydrogen) atoms. The van der Waals surface area contributed by atoms with Crippen molar-refractivity contribution in [1.82, 2.24) is 4.90 Å². The monoisotopic (exact) mass is 197 g/mol. The predicted molar refractivity (Wildman–Crippen MR) is 57.2 cm³/mol. The van der Waals surface area contributed by atoms with Crippen LogP contribution < -0.4 is 5.73 Å². The number of carbonyl (C=O) groups excluding carboxylic acids is 1. The minimum atomic E-state index is 0.223. The van der Waals surface area contributed by atoms with Crippen LogP contribution in [0, 0.1) is 0 Å². The fourth-order valence-corrected chi connectivity index (χ4v) is 1.73. The molecule has 1 fully saturated rings. The lowest BCUT2D eigenvalue weighted by molar-refractivity contribution is -0.130. The first kappa shape index (κ1) is 11.0. The molecule has 1 unspecified atom stereocenters. The van der Waals surface area contributed by atoms with Gasteiger partial charge in [-0.15, -0.1) is 0 Å². The van der Waals surface area contributed by atoms with Crippen LogP contribution in [0.4, 0.5) is 0 Å².